The van der Waals surface area contributed by atoms with Gasteiger partial charge in [-0.2, -0.15) is 0 Å². The minimum absolute atomic E-state index is 0.653. The van der Waals surface area contributed by atoms with Gasteiger partial charge in [0, 0.05) is 17.0 Å². The fraction of sp³-hybridized carbons (Fsp3) is 0.750. The van der Waals surface area contributed by atoms with Crippen molar-refractivity contribution >= 4 is 11.3 Å². The average molecular weight is 263 g/mol. The molecular weight excluding hydrogens is 238 g/mol. The number of rotatable bonds is 3. The second-order valence-corrected chi connectivity index (χ2v) is 7.05. The summed E-state index contributed by atoms with van der Waals surface area (Å²) in [6.07, 6.45) is 11.1. The second kappa shape index (κ2) is 5.75. The third-order valence-corrected chi connectivity index (χ3v) is 5.85. The van der Waals surface area contributed by atoms with Crippen LogP contribution in [0, 0.1) is 5.92 Å². The molecule has 1 heterocycles. The second-order valence-electron chi connectivity index (χ2n) is 6.05. The van der Waals surface area contributed by atoms with Gasteiger partial charge in [-0.05, 0) is 55.0 Å². The van der Waals surface area contributed by atoms with Gasteiger partial charge < -0.3 is 5.32 Å². The molecule has 1 nitrogen and oxygen atoms in total. The molecule has 18 heavy (non-hydrogen) atoms. The largest absolute Gasteiger partial charge is 0.307 e. The maximum absolute atomic E-state index is 3.97. The standard InChI is InChI=1S/C16H25NS/c1-2-12-5-3-6-13(11-12)17-15-7-4-8-16-14(15)9-10-18-16/h9-10,12-13,15,17H,2-8,11H2,1H3. The highest BCUT2D eigenvalue weighted by Gasteiger charge is 2.26. The molecule has 0 aliphatic heterocycles. The van der Waals surface area contributed by atoms with E-state index in [1.165, 1.54) is 51.4 Å². The molecule has 0 amide bonds. The molecule has 3 atom stereocenters. The summed E-state index contributed by atoms with van der Waals surface area (Å²) in [5, 5.41) is 6.25. The van der Waals surface area contributed by atoms with Crippen LogP contribution < -0.4 is 5.32 Å². The molecule has 0 radical (unpaired) electrons. The number of hydrogen-bond acceptors (Lipinski definition) is 2. The van der Waals surface area contributed by atoms with Crippen molar-refractivity contribution in [1.29, 1.82) is 0 Å². The molecule has 3 unspecified atom stereocenters. The molecule has 1 aromatic heterocycles. The van der Waals surface area contributed by atoms with Gasteiger partial charge in [0.05, 0.1) is 0 Å². The van der Waals surface area contributed by atoms with Crippen LogP contribution in [0.2, 0.25) is 0 Å². The van der Waals surface area contributed by atoms with E-state index in [9.17, 15) is 0 Å². The normalized spacial score (nSPS) is 32.2. The Morgan fingerprint density at radius 1 is 1.28 bits per heavy atom. The molecule has 2 aliphatic carbocycles. The fourth-order valence-corrected chi connectivity index (χ4v) is 4.74. The summed E-state index contributed by atoms with van der Waals surface area (Å²) in [5.41, 5.74) is 1.62. The van der Waals surface area contributed by atoms with Crippen LogP contribution in [0.3, 0.4) is 0 Å². The number of thiophene rings is 1. The van der Waals surface area contributed by atoms with E-state index in [1.54, 1.807) is 10.4 Å². The Balaban J connectivity index is 1.64. The highest BCUT2D eigenvalue weighted by molar-refractivity contribution is 7.10. The van der Waals surface area contributed by atoms with Gasteiger partial charge in [0.2, 0.25) is 0 Å². The highest BCUT2D eigenvalue weighted by Crippen LogP contribution is 2.35. The van der Waals surface area contributed by atoms with Gasteiger partial charge in [-0.3, -0.25) is 0 Å². The van der Waals surface area contributed by atoms with E-state index < -0.39 is 0 Å². The number of hydrogen-bond donors (Lipinski definition) is 1. The Morgan fingerprint density at radius 3 is 3.11 bits per heavy atom. The first-order valence-electron chi connectivity index (χ1n) is 7.69. The summed E-state index contributed by atoms with van der Waals surface area (Å²) in [6.45, 7) is 2.35. The Labute approximate surface area is 115 Å². The Kier molecular flexibility index (Phi) is 4.05. The molecule has 2 aliphatic rings. The zero-order valence-electron chi connectivity index (χ0n) is 11.5. The summed E-state index contributed by atoms with van der Waals surface area (Å²) in [5.74, 6) is 0.974. The maximum atomic E-state index is 3.97. The van der Waals surface area contributed by atoms with Crippen molar-refractivity contribution in [3.05, 3.63) is 21.9 Å². The molecule has 1 fully saturated rings. The van der Waals surface area contributed by atoms with E-state index in [2.05, 4.69) is 23.7 Å². The first-order chi connectivity index (χ1) is 8.86. The monoisotopic (exact) mass is 263 g/mol. The third kappa shape index (κ3) is 2.65. The van der Waals surface area contributed by atoms with Crippen molar-refractivity contribution in [2.75, 3.05) is 0 Å². The Morgan fingerprint density at radius 2 is 2.22 bits per heavy atom. The summed E-state index contributed by atoms with van der Waals surface area (Å²) >= 11 is 1.96. The molecule has 0 aromatic carbocycles. The Hall–Kier alpha value is -0.340. The van der Waals surface area contributed by atoms with Crippen molar-refractivity contribution in [3.63, 3.8) is 0 Å². The molecule has 0 saturated heterocycles. The van der Waals surface area contributed by atoms with Crippen LogP contribution in [0.15, 0.2) is 11.4 Å². The molecule has 2 heteroatoms. The van der Waals surface area contributed by atoms with Crippen molar-refractivity contribution in [1.82, 2.24) is 5.32 Å². The number of nitrogens with one attached hydrogen (secondary N) is 1. The minimum Gasteiger partial charge on any atom is -0.307 e. The number of aryl methyl sites for hydroxylation is 1. The molecule has 1 saturated carbocycles. The van der Waals surface area contributed by atoms with E-state index in [1.807, 2.05) is 11.3 Å². The van der Waals surface area contributed by atoms with Crippen molar-refractivity contribution < 1.29 is 0 Å². The molecular formula is C16H25NS. The minimum atomic E-state index is 0.653. The highest BCUT2D eigenvalue weighted by atomic mass is 32.1. The van der Waals surface area contributed by atoms with E-state index in [4.69, 9.17) is 0 Å². The first-order valence-corrected chi connectivity index (χ1v) is 8.57. The van der Waals surface area contributed by atoms with Crippen molar-refractivity contribution in [2.45, 2.75) is 70.4 Å². The average Bonchev–Trinajstić information content (AvgIpc) is 2.88. The maximum Gasteiger partial charge on any atom is 0.0333 e. The van der Waals surface area contributed by atoms with Crippen LogP contribution in [0.4, 0.5) is 0 Å². The summed E-state index contributed by atoms with van der Waals surface area (Å²) < 4.78 is 0. The van der Waals surface area contributed by atoms with Crippen LogP contribution in [0.5, 0.6) is 0 Å². The quantitative estimate of drug-likeness (QED) is 0.834. The molecule has 0 bridgehead atoms. The van der Waals surface area contributed by atoms with E-state index in [0.29, 0.717) is 6.04 Å². The van der Waals surface area contributed by atoms with Gasteiger partial charge in [0.15, 0.2) is 0 Å². The van der Waals surface area contributed by atoms with Crippen molar-refractivity contribution in [2.24, 2.45) is 5.92 Å². The summed E-state index contributed by atoms with van der Waals surface area (Å²) in [7, 11) is 0. The first kappa shape index (κ1) is 12.7. The van der Waals surface area contributed by atoms with E-state index in [-0.39, 0.29) is 0 Å². The van der Waals surface area contributed by atoms with Crippen molar-refractivity contribution in [3.8, 4) is 0 Å². The van der Waals surface area contributed by atoms with E-state index in [0.717, 1.165) is 12.0 Å². The van der Waals surface area contributed by atoms with Gasteiger partial charge in [-0.1, -0.05) is 26.2 Å². The Bertz CT molecular complexity index is 384. The van der Waals surface area contributed by atoms with Crippen LogP contribution in [0.25, 0.3) is 0 Å². The topological polar surface area (TPSA) is 12.0 Å². The van der Waals surface area contributed by atoms with Gasteiger partial charge in [-0.15, -0.1) is 11.3 Å². The predicted molar refractivity (Wildman–Crippen MR) is 79.2 cm³/mol. The van der Waals surface area contributed by atoms with Crippen LogP contribution >= 0.6 is 11.3 Å². The van der Waals surface area contributed by atoms with Crippen LogP contribution in [0.1, 0.15) is 68.4 Å². The van der Waals surface area contributed by atoms with Gasteiger partial charge >= 0.3 is 0 Å². The van der Waals surface area contributed by atoms with Crippen LogP contribution in [-0.4, -0.2) is 6.04 Å². The fourth-order valence-electron chi connectivity index (χ4n) is 3.76. The molecule has 0 spiro atoms. The molecule has 1 N–H and O–H groups in total. The summed E-state index contributed by atoms with van der Waals surface area (Å²) in [4.78, 5) is 1.64. The lowest BCUT2D eigenvalue weighted by atomic mass is 9.83. The smallest absolute Gasteiger partial charge is 0.0333 e. The number of fused-ring (bicyclic) bond motifs is 1. The van der Waals surface area contributed by atoms with Gasteiger partial charge in [0.25, 0.3) is 0 Å². The molecule has 100 valence electrons. The lowest BCUT2D eigenvalue weighted by molar-refractivity contribution is 0.255. The lowest BCUT2D eigenvalue weighted by Gasteiger charge is -2.34. The van der Waals surface area contributed by atoms with Crippen LogP contribution in [-0.2, 0) is 6.42 Å². The third-order valence-electron chi connectivity index (χ3n) is 4.85. The molecule has 3 rings (SSSR count). The lowest BCUT2D eigenvalue weighted by Crippen LogP contribution is -2.37. The zero-order valence-corrected chi connectivity index (χ0v) is 12.3. The summed E-state index contributed by atoms with van der Waals surface area (Å²) in [6, 6.07) is 3.79. The molecule has 1 aromatic rings. The van der Waals surface area contributed by atoms with Gasteiger partial charge in [-0.25, -0.2) is 0 Å². The zero-order chi connectivity index (χ0) is 12.4. The SMILES string of the molecule is CCC1CCCC(NC2CCCc3sccc32)C1. The van der Waals surface area contributed by atoms with E-state index >= 15 is 0 Å². The van der Waals surface area contributed by atoms with Gasteiger partial charge in [0.1, 0.15) is 0 Å². The predicted octanol–water partition coefficient (Wildman–Crippen LogP) is 4.68.